The van der Waals surface area contributed by atoms with Gasteiger partial charge in [0.2, 0.25) is 6.79 Å². The molecule has 0 bridgehead atoms. The Kier molecular flexibility index (Phi) is 8.04. The smallest absolute Gasteiger partial charge is 0.231 e. The summed E-state index contributed by atoms with van der Waals surface area (Å²) in [6, 6.07) is 6.77. The SMILES string of the molecule is C=CCC[C@@H](c1ccc2c(c1)OCO2)N1CCNCC1.Cl.Cl. The number of nitrogens with zero attached hydrogens (tertiary/aromatic N) is 1. The van der Waals surface area contributed by atoms with Crippen molar-refractivity contribution in [2.24, 2.45) is 0 Å². The summed E-state index contributed by atoms with van der Waals surface area (Å²) in [5.74, 6) is 1.73. The van der Waals surface area contributed by atoms with Crippen LogP contribution >= 0.6 is 24.8 Å². The van der Waals surface area contributed by atoms with E-state index in [4.69, 9.17) is 9.47 Å². The Balaban J connectivity index is 0.00000121. The second kappa shape index (κ2) is 9.26. The number of rotatable bonds is 5. The van der Waals surface area contributed by atoms with Crippen LogP contribution in [-0.2, 0) is 0 Å². The molecule has 1 atom stereocenters. The molecule has 6 heteroatoms. The van der Waals surface area contributed by atoms with Gasteiger partial charge in [-0.25, -0.2) is 0 Å². The molecule has 1 N–H and O–H groups in total. The normalized spacial score (nSPS) is 18.0. The lowest BCUT2D eigenvalue weighted by molar-refractivity contribution is 0.165. The van der Waals surface area contributed by atoms with Crippen molar-refractivity contribution in [1.29, 1.82) is 0 Å². The van der Waals surface area contributed by atoms with E-state index >= 15 is 0 Å². The highest BCUT2D eigenvalue weighted by atomic mass is 35.5. The summed E-state index contributed by atoms with van der Waals surface area (Å²) in [6.45, 7) is 8.51. The number of benzene rings is 1. The first kappa shape index (κ1) is 19.1. The molecule has 0 unspecified atom stereocenters. The van der Waals surface area contributed by atoms with Gasteiger partial charge in [0.05, 0.1) is 0 Å². The van der Waals surface area contributed by atoms with Crippen molar-refractivity contribution in [2.75, 3.05) is 33.0 Å². The fourth-order valence-corrected chi connectivity index (χ4v) is 2.95. The second-order valence-electron chi connectivity index (χ2n) is 5.28. The van der Waals surface area contributed by atoms with E-state index in [0.717, 1.165) is 50.5 Å². The minimum atomic E-state index is 0. The summed E-state index contributed by atoms with van der Waals surface area (Å²) in [4.78, 5) is 2.55. The highest BCUT2D eigenvalue weighted by Gasteiger charge is 2.23. The monoisotopic (exact) mass is 346 g/mol. The van der Waals surface area contributed by atoms with Crippen LogP contribution in [0.3, 0.4) is 0 Å². The van der Waals surface area contributed by atoms with E-state index in [9.17, 15) is 0 Å². The van der Waals surface area contributed by atoms with Gasteiger partial charge in [-0.1, -0.05) is 12.1 Å². The number of fused-ring (bicyclic) bond motifs is 1. The zero-order valence-electron chi connectivity index (χ0n) is 12.6. The van der Waals surface area contributed by atoms with Gasteiger partial charge in [-0.15, -0.1) is 31.4 Å². The van der Waals surface area contributed by atoms with E-state index in [2.05, 4.69) is 28.9 Å². The molecule has 0 radical (unpaired) electrons. The molecule has 0 aromatic heterocycles. The minimum absolute atomic E-state index is 0. The molecule has 2 heterocycles. The molecular weight excluding hydrogens is 323 g/mol. The molecule has 0 amide bonds. The third-order valence-corrected chi connectivity index (χ3v) is 4.02. The van der Waals surface area contributed by atoms with Crippen molar-refractivity contribution in [3.05, 3.63) is 36.4 Å². The van der Waals surface area contributed by atoms with Crippen LogP contribution in [-0.4, -0.2) is 37.9 Å². The van der Waals surface area contributed by atoms with Crippen LogP contribution in [0.5, 0.6) is 11.5 Å². The first-order valence-corrected chi connectivity index (χ1v) is 7.33. The minimum Gasteiger partial charge on any atom is -0.454 e. The van der Waals surface area contributed by atoms with Crippen LogP contribution in [0, 0.1) is 0 Å². The maximum atomic E-state index is 5.51. The topological polar surface area (TPSA) is 33.7 Å². The number of piperazine rings is 1. The molecular formula is C16H24Cl2N2O2. The highest BCUT2D eigenvalue weighted by molar-refractivity contribution is 5.85. The maximum Gasteiger partial charge on any atom is 0.231 e. The quantitative estimate of drug-likeness (QED) is 0.830. The van der Waals surface area contributed by atoms with Crippen molar-refractivity contribution in [2.45, 2.75) is 18.9 Å². The van der Waals surface area contributed by atoms with Gasteiger partial charge >= 0.3 is 0 Å². The van der Waals surface area contributed by atoms with E-state index in [1.807, 2.05) is 12.1 Å². The summed E-state index contributed by atoms with van der Waals surface area (Å²) < 4.78 is 10.9. The number of hydrogen-bond acceptors (Lipinski definition) is 4. The lowest BCUT2D eigenvalue weighted by atomic mass is 9.99. The van der Waals surface area contributed by atoms with Gasteiger partial charge in [0.15, 0.2) is 11.5 Å². The summed E-state index contributed by atoms with van der Waals surface area (Å²) >= 11 is 0. The molecule has 22 heavy (non-hydrogen) atoms. The Hall–Kier alpha value is -0.940. The van der Waals surface area contributed by atoms with E-state index in [0.29, 0.717) is 12.8 Å². The van der Waals surface area contributed by atoms with Crippen LogP contribution in [0.1, 0.15) is 24.4 Å². The van der Waals surface area contributed by atoms with Gasteiger partial charge in [-0.05, 0) is 30.5 Å². The van der Waals surface area contributed by atoms with Crippen molar-refractivity contribution < 1.29 is 9.47 Å². The molecule has 0 spiro atoms. The predicted molar refractivity (Wildman–Crippen MR) is 93.7 cm³/mol. The van der Waals surface area contributed by atoms with E-state index in [1.165, 1.54) is 5.56 Å². The molecule has 124 valence electrons. The molecule has 0 aliphatic carbocycles. The fourth-order valence-electron chi connectivity index (χ4n) is 2.95. The van der Waals surface area contributed by atoms with Gasteiger partial charge in [0.25, 0.3) is 0 Å². The maximum absolute atomic E-state index is 5.51. The lowest BCUT2D eigenvalue weighted by Crippen LogP contribution is -2.45. The van der Waals surface area contributed by atoms with Crippen molar-refractivity contribution in [3.8, 4) is 11.5 Å². The summed E-state index contributed by atoms with van der Waals surface area (Å²) in [6.07, 6.45) is 4.13. The van der Waals surface area contributed by atoms with Gasteiger partial charge in [0, 0.05) is 32.2 Å². The van der Waals surface area contributed by atoms with E-state index < -0.39 is 0 Å². The largest absolute Gasteiger partial charge is 0.454 e. The van der Waals surface area contributed by atoms with Crippen LogP contribution in [0.25, 0.3) is 0 Å². The Morgan fingerprint density at radius 2 is 1.91 bits per heavy atom. The van der Waals surface area contributed by atoms with E-state index in [1.54, 1.807) is 0 Å². The summed E-state index contributed by atoms with van der Waals surface area (Å²) in [7, 11) is 0. The Morgan fingerprint density at radius 1 is 1.18 bits per heavy atom. The van der Waals surface area contributed by atoms with Gasteiger partial charge in [0.1, 0.15) is 0 Å². The number of nitrogens with one attached hydrogen (secondary N) is 1. The molecule has 2 aliphatic heterocycles. The Labute approximate surface area is 144 Å². The molecule has 1 fully saturated rings. The van der Waals surface area contributed by atoms with Gasteiger partial charge in [-0.3, -0.25) is 4.90 Å². The van der Waals surface area contributed by atoms with Crippen molar-refractivity contribution in [1.82, 2.24) is 10.2 Å². The van der Waals surface area contributed by atoms with Crippen molar-refractivity contribution >= 4 is 24.8 Å². The lowest BCUT2D eigenvalue weighted by Gasteiger charge is -2.35. The number of hydrogen-bond donors (Lipinski definition) is 1. The van der Waals surface area contributed by atoms with Crippen molar-refractivity contribution in [3.63, 3.8) is 0 Å². The van der Waals surface area contributed by atoms with Gasteiger partial charge in [-0.2, -0.15) is 0 Å². The molecule has 0 saturated carbocycles. The summed E-state index contributed by atoms with van der Waals surface area (Å²) in [5, 5.41) is 3.41. The third kappa shape index (κ3) is 4.29. The van der Waals surface area contributed by atoms with Crippen LogP contribution in [0.2, 0.25) is 0 Å². The summed E-state index contributed by atoms with van der Waals surface area (Å²) in [5.41, 5.74) is 1.32. The zero-order chi connectivity index (χ0) is 13.8. The highest BCUT2D eigenvalue weighted by Crippen LogP contribution is 2.36. The fraction of sp³-hybridized carbons (Fsp3) is 0.500. The third-order valence-electron chi connectivity index (χ3n) is 4.02. The first-order valence-electron chi connectivity index (χ1n) is 7.33. The average molecular weight is 347 g/mol. The molecule has 1 aromatic carbocycles. The van der Waals surface area contributed by atoms with E-state index in [-0.39, 0.29) is 24.8 Å². The Morgan fingerprint density at radius 3 is 2.64 bits per heavy atom. The van der Waals surface area contributed by atoms with Crippen LogP contribution in [0.15, 0.2) is 30.9 Å². The zero-order valence-corrected chi connectivity index (χ0v) is 14.3. The number of allylic oxidation sites excluding steroid dienone is 1. The van der Waals surface area contributed by atoms with Gasteiger partial charge < -0.3 is 14.8 Å². The second-order valence-corrected chi connectivity index (χ2v) is 5.28. The number of halogens is 2. The number of ether oxygens (including phenoxy) is 2. The predicted octanol–water partition coefficient (Wildman–Crippen LogP) is 3.17. The molecule has 3 rings (SSSR count). The molecule has 1 aromatic rings. The molecule has 1 saturated heterocycles. The van der Waals surface area contributed by atoms with Crippen LogP contribution < -0.4 is 14.8 Å². The molecule has 4 nitrogen and oxygen atoms in total. The standard InChI is InChI=1S/C16H22N2O2.2ClH/c1-2-3-4-14(18-9-7-17-8-10-18)13-5-6-15-16(11-13)20-12-19-15;;/h2,5-6,11,14,17H,1,3-4,7-10,12H2;2*1H/t14-;;/m0../s1. The first-order chi connectivity index (χ1) is 9.88. The molecule has 2 aliphatic rings. The van der Waals surface area contributed by atoms with Crippen LogP contribution in [0.4, 0.5) is 0 Å². The average Bonchev–Trinajstić information content (AvgIpc) is 2.96. The Bertz CT molecular complexity index is 479.